The predicted octanol–water partition coefficient (Wildman–Crippen LogP) is 4.27. The van der Waals surface area contributed by atoms with Crippen molar-refractivity contribution >= 4 is 11.8 Å². The van der Waals surface area contributed by atoms with Crippen LogP contribution in [-0.4, -0.2) is 42.5 Å². The second-order valence-corrected chi connectivity index (χ2v) is 7.75. The van der Waals surface area contributed by atoms with Gasteiger partial charge in [0.15, 0.2) is 23.3 Å². The highest BCUT2D eigenvalue weighted by molar-refractivity contribution is 6.12. The Hall–Kier alpha value is -3.64. The summed E-state index contributed by atoms with van der Waals surface area (Å²) in [5.74, 6) is 0.199. The predicted molar refractivity (Wildman–Crippen MR) is 124 cm³/mol. The Morgan fingerprint density at radius 3 is 2.00 bits per heavy atom. The molecule has 0 radical (unpaired) electrons. The zero-order valence-corrected chi connectivity index (χ0v) is 18.6. The van der Waals surface area contributed by atoms with Gasteiger partial charge in [0.05, 0.1) is 6.61 Å². The molecule has 170 valence electrons. The number of esters is 1. The lowest BCUT2D eigenvalue weighted by atomic mass is 10.0. The molecule has 1 atom stereocenters. The minimum Gasteiger partial charge on any atom is -0.486 e. The summed E-state index contributed by atoms with van der Waals surface area (Å²) in [6.07, 6.45) is 0. The summed E-state index contributed by atoms with van der Waals surface area (Å²) in [6, 6.07) is 23.5. The highest BCUT2D eigenvalue weighted by Crippen LogP contribution is 2.31. The van der Waals surface area contributed by atoms with Crippen LogP contribution in [0, 0.1) is 0 Å². The summed E-state index contributed by atoms with van der Waals surface area (Å²) >= 11 is 0. The van der Waals surface area contributed by atoms with Gasteiger partial charge in [0.1, 0.15) is 13.2 Å². The van der Waals surface area contributed by atoms with Crippen molar-refractivity contribution in [2.75, 3.05) is 19.8 Å². The van der Waals surface area contributed by atoms with Gasteiger partial charge in [-0.15, -0.1) is 0 Å². The third kappa shape index (κ3) is 5.59. The third-order valence-electron chi connectivity index (χ3n) is 5.41. The number of benzene rings is 3. The fraction of sp³-hybridized carbons (Fsp3) is 0.259. The summed E-state index contributed by atoms with van der Waals surface area (Å²) in [5, 5.41) is 0. The van der Waals surface area contributed by atoms with Crippen LogP contribution in [0.4, 0.5) is 0 Å². The zero-order chi connectivity index (χ0) is 23.0. The number of nitrogens with zero attached hydrogens (tertiary/aromatic N) is 1. The van der Waals surface area contributed by atoms with Crippen molar-refractivity contribution in [1.82, 2.24) is 4.90 Å². The highest BCUT2D eigenvalue weighted by atomic mass is 16.6. The van der Waals surface area contributed by atoms with E-state index in [1.807, 2.05) is 65.6 Å². The molecule has 3 aromatic carbocycles. The van der Waals surface area contributed by atoms with Crippen LogP contribution in [0.25, 0.3) is 0 Å². The van der Waals surface area contributed by atoms with Crippen molar-refractivity contribution in [2.45, 2.75) is 26.1 Å². The number of ether oxygens (including phenoxy) is 3. The first-order valence-corrected chi connectivity index (χ1v) is 11.1. The van der Waals surface area contributed by atoms with Crippen molar-refractivity contribution in [3.8, 4) is 11.5 Å². The van der Waals surface area contributed by atoms with Crippen molar-refractivity contribution < 1.29 is 23.8 Å². The van der Waals surface area contributed by atoms with Gasteiger partial charge in [-0.2, -0.15) is 0 Å². The molecule has 0 amide bonds. The van der Waals surface area contributed by atoms with Crippen molar-refractivity contribution in [2.24, 2.45) is 0 Å². The van der Waals surface area contributed by atoms with Crippen LogP contribution in [0.3, 0.4) is 0 Å². The Balaban J connectivity index is 1.70. The van der Waals surface area contributed by atoms with E-state index in [4.69, 9.17) is 14.2 Å². The average molecular weight is 446 g/mol. The number of Topliss-reactive ketones (excluding diaryl/α,β-unsaturated/α-hetero) is 1. The van der Waals surface area contributed by atoms with Crippen LogP contribution in [0.2, 0.25) is 0 Å². The summed E-state index contributed by atoms with van der Waals surface area (Å²) in [5.41, 5.74) is 2.37. The second kappa shape index (κ2) is 10.8. The lowest BCUT2D eigenvalue weighted by molar-refractivity contribution is -0.148. The average Bonchev–Trinajstić information content (AvgIpc) is 2.85. The number of carbonyl (C=O) groups is 2. The number of ketones is 1. The second-order valence-electron chi connectivity index (χ2n) is 7.75. The van der Waals surface area contributed by atoms with Crippen LogP contribution in [-0.2, 0) is 22.6 Å². The van der Waals surface area contributed by atoms with E-state index >= 15 is 0 Å². The first-order chi connectivity index (χ1) is 16.2. The maximum absolute atomic E-state index is 13.7. The lowest BCUT2D eigenvalue weighted by Crippen LogP contribution is -2.47. The molecule has 0 aliphatic carbocycles. The molecular formula is C27H27NO5. The van der Waals surface area contributed by atoms with Gasteiger partial charge in [0.2, 0.25) is 0 Å². The molecule has 1 aliphatic rings. The first-order valence-electron chi connectivity index (χ1n) is 11.1. The molecule has 0 aromatic heterocycles. The van der Waals surface area contributed by atoms with Gasteiger partial charge in [0, 0.05) is 18.7 Å². The van der Waals surface area contributed by atoms with Crippen molar-refractivity contribution in [3.63, 3.8) is 0 Å². The molecule has 1 heterocycles. The molecule has 6 heteroatoms. The van der Waals surface area contributed by atoms with Crippen LogP contribution < -0.4 is 9.47 Å². The molecule has 0 fully saturated rings. The van der Waals surface area contributed by atoms with E-state index in [-0.39, 0.29) is 12.4 Å². The number of hydrogen-bond acceptors (Lipinski definition) is 6. The van der Waals surface area contributed by atoms with E-state index < -0.39 is 12.0 Å². The Morgan fingerprint density at radius 1 is 0.848 bits per heavy atom. The van der Waals surface area contributed by atoms with E-state index in [9.17, 15) is 9.59 Å². The molecule has 3 aromatic rings. The van der Waals surface area contributed by atoms with Gasteiger partial charge < -0.3 is 14.2 Å². The molecule has 6 nitrogen and oxygen atoms in total. The minimum atomic E-state index is -1.10. The van der Waals surface area contributed by atoms with Gasteiger partial charge >= 0.3 is 5.97 Å². The summed E-state index contributed by atoms with van der Waals surface area (Å²) in [4.78, 5) is 28.7. The Bertz CT molecular complexity index is 1040. The zero-order valence-electron chi connectivity index (χ0n) is 18.6. The van der Waals surface area contributed by atoms with Crippen molar-refractivity contribution in [3.05, 3.63) is 95.6 Å². The molecule has 1 aliphatic heterocycles. The van der Waals surface area contributed by atoms with E-state index in [0.717, 1.165) is 11.1 Å². The molecule has 0 saturated heterocycles. The maximum Gasteiger partial charge on any atom is 0.331 e. The molecule has 1 unspecified atom stereocenters. The maximum atomic E-state index is 13.7. The fourth-order valence-electron chi connectivity index (χ4n) is 3.87. The SMILES string of the molecule is CCOC(=O)C(C(=O)c1ccc2c(c1)OCCO2)N(Cc1ccccc1)Cc1ccccc1. The van der Waals surface area contributed by atoms with Gasteiger partial charge in [-0.3, -0.25) is 9.69 Å². The van der Waals surface area contributed by atoms with Crippen LogP contribution in [0.15, 0.2) is 78.9 Å². The molecule has 0 N–H and O–H groups in total. The third-order valence-corrected chi connectivity index (χ3v) is 5.41. The van der Waals surface area contributed by atoms with E-state index in [1.54, 1.807) is 25.1 Å². The summed E-state index contributed by atoms with van der Waals surface area (Å²) < 4.78 is 16.6. The molecule has 33 heavy (non-hydrogen) atoms. The van der Waals surface area contributed by atoms with Gasteiger partial charge in [-0.1, -0.05) is 60.7 Å². The molecule has 0 saturated carbocycles. The Morgan fingerprint density at radius 2 is 1.42 bits per heavy atom. The first kappa shape index (κ1) is 22.6. The van der Waals surface area contributed by atoms with Crippen LogP contribution in [0.1, 0.15) is 28.4 Å². The van der Waals surface area contributed by atoms with Crippen LogP contribution >= 0.6 is 0 Å². The Labute approximate surface area is 193 Å². The number of carbonyl (C=O) groups excluding carboxylic acids is 2. The topological polar surface area (TPSA) is 65.1 Å². The van der Waals surface area contributed by atoms with Crippen molar-refractivity contribution in [1.29, 1.82) is 0 Å². The summed E-state index contributed by atoms with van der Waals surface area (Å²) in [7, 11) is 0. The molecular weight excluding hydrogens is 418 g/mol. The molecule has 4 rings (SSSR count). The van der Waals surface area contributed by atoms with E-state index in [2.05, 4.69) is 0 Å². The van der Waals surface area contributed by atoms with Gasteiger partial charge in [-0.25, -0.2) is 4.79 Å². The molecule has 0 spiro atoms. The number of rotatable bonds is 9. The fourth-order valence-corrected chi connectivity index (χ4v) is 3.87. The van der Waals surface area contributed by atoms with Gasteiger partial charge in [-0.05, 0) is 36.2 Å². The molecule has 0 bridgehead atoms. The normalized spacial score (nSPS) is 13.4. The highest BCUT2D eigenvalue weighted by Gasteiger charge is 2.35. The van der Waals surface area contributed by atoms with E-state index in [1.165, 1.54) is 0 Å². The van der Waals surface area contributed by atoms with Crippen LogP contribution in [0.5, 0.6) is 11.5 Å². The number of fused-ring (bicyclic) bond motifs is 1. The van der Waals surface area contributed by atoms with Gasteiger partial charge in [0.25, 0.3) is 0 Å². The lowest BCUT2D eigenvalue weighted by Gasteiger charge is -2.30. The standard InChI is InChI=1S/C27H27NO5/c1-2-31-27(30)25(26(29)22-13-14-23-24(17-22)33-16-15-32-23)28(18-20-9-5-3-6-10-20)19-21-11-7-4-8-12-21/h3-14,17,25H,2,15-16,18-19H2,1H3. The number of hydrogen-bond donors (Lipinski definition) is 0. The Kier molecular flexibility index (Phi) is 7.37. The largest absolute Gasteiger partial charge is 0.486 e. The van der Waals surface area contributed by atoms with E-state index in [0.29, 0.717) is 43.4 Å². The minimum absolute atomic E-state index is 0.189. The summed E-state index contributed by atoms with van der Waals surface area (Å²) in [6.45, 7) is 3.63. The smallest absolute Gasteiger partial charge is 0.331 e. The quantitative estimate of drug-likeness (QED) is 0.278. The monoisotopic (exact) mass is 445 g/mol.